The summed E-state index contributed by atoms with van der Waals surface area (Å²) in [4.78, 5) is 21.9. The van der Waals surface area contributed by atoms with Gasteiger partial charge >= 0.3 is 5.00 Å². The number of aliphatic hydroxyl groups is 1. The minimum Gasteiger partial charge on any atom is -0.394 e. The summed E-state index contributed by atoms with van der Waals surface area (Å²) < 4.78 is 0. The Kier molecular flexibility index (Phi) is 4.59. The fraction of sp³-hybridized carbons (Fsp3) is 0.500. The van der Waals surface area contributed by atoms with Gasteiger partial charge in [-0.2, -0.15) is 0 Å². The predicted octanol–water partition coefficient (Wildman–Crippen LogP) is 1.40. The molecule has 1 rings (SSSR count). The van der Waals surface area contributed by atoms with Gasteiger partial charge in [-0.25, -0.2) is 0 Å². The second-order valence-electron chi connectivity index (χ2n) is 3.90. The molecule has 6 nitrogen and oxygen atoms in total. The van der Waals surface area contributed by atoms with E-state index in [1.54, 1.807) is 0 Å². The van der Waals surface area contributed by atoms with Crippen molar-refractivity contribution in [2.45, 2.75) is 19.9 Å². The molecule has 0 aliphatic rings. The molecule has 94 valence electrons. The predicted molar refractivity (Wildman–Crippen MR) is 64.2 cm³/mol. The number of hydrogen-bond acceptors (Lipinski definition) is 5. The highest BCUT2D eigenvalue weighted by molar-refractivity contribution is 7.17. The minimum absolute atomic E-state index is 0.0692. The average molecular weight is 258 g/mol. The van der Waals surface area contributed by atoms with Crippen molar-refractivity contribution in [2.75, 3.05) is 6.61 Å². The fourth-order valence-electron chi connectivity index (χ4n) is 1.21. The third kappa shape index (κ3) is 3.50. The first-order chi connectivity index (χ1) is 7.95. The van der Waals surface area contributed by atoms with Crippen molar-refractivity contribution in [3.8, 4) is 0 Å². The van der Waals surface area contributed by atoms with Gasteiger partial charge in [-0.3, -0.25) is 14.9 Å². The first-order valence-corrected chi connectivity index (χ1v) is 5.93. The van der Waals surface area contributed by atoms with Crippen LogP contribution in [0.3, 0.4) is 0 Å². The molecule has 0 aromatic carbocycles. The van der Waals surface area contributed by atoms with E-state index in [-0.39, 0.29) is 28.4 Å². The van der Waals surface area contributed by atoms with Crippen molar-refractivity contribution in [3.05, 3.63) is 27.1 Å². The van der Waals surface area contributed by atoms with Crippen molar-refractivity contribution in [3.63, 3.8) is 0 Å². The molecule has 0 bridgehead atoms. The van der Waals surface area contributed by atoms with Crippen LogP contribution in [-0.2, 0) is 0 Å². The van der Waals surface area contributed by atoms with Gasteiger partial charge in [-0.05, 0) is 12.0 Å². The van der Waals surface area contributed by atoms with Crippen LogP contribution >= 0.6 is 11.3 Å². The molecule has 0 spiro atoms. The molecular weight excluding hydrogens is 244 g/mol. The van der Waals surface area contributed by atoms with Crippen LogP contribution in [-0.4, -0.2) is 28.6 Å². The standard InChI is InChI=1S/C10H14N2O4S/c1-6(2)7(5-13)11-10(14)8-3-4-9(17-8)12(15)16/h3-4,6-7,13H,5H2,1-2H3,(H,11,14). The van der Waals surface area contributed by atoms with Crippen LogP contribution in [0.2, 0.25) is 0 Å². The molecule has 2 N–H and O–H groups in total. The van der Waals surface area contributed by atoms with E-state index in [4.69, 9.17) is 5.11 Å². The van der Waals surface area contributed by atoms with Gasteiger partial charge in [0.2, 0.25) is 0 Å². The maximum Gasteiger partial charge on any atom is 0.324 e. The van der Waals surface area contributed by atoms with E-state index in [2.05, 4.69) is 5.32 Å². The molecule has 1 heterocycles. The smallest absolute Gasteiger partial charge is 0.324 e. The van der Waals surface area contributed by atoms with Gasteiger partial charge in [0.25, 0.3) is 5.91 Å². The molecule has 17 heavy (non-hydrogen) atoms. The van der Waals surface area contributed by atoms with Gasteiger partial charge in [0.1, 0.15) is 0 Å². The Morgan fingerprint density at radius 3 is 2.65 bits per heavy atom. The number of nitro groups is 1. The van der Waals surface area contributed by atoms with Crippen LogP contribution in [0.1, 0.15) is 23.5 Å². The van der Waals surface area contributed by atoms with E-state index in [9.17, 15) is 14.9 Å². The molecule has 0 saturated heterocycles. The van der Waals surface area contributed by atoms with Crippen LogP contribution in [0.25, 0.3) is 0 Å². The lowest BCUT2D eigenvalue weighted by molar-refractivity contribution is -0.380. The summed E-state index contributed by atoms with van der Waals surface area (Å²) in [6.45, 7) is 3.59. The molecule has 0 radical (unpaired) electrons. The Morgan fingerprint density at radius 2 is 2.24 bits per heavy atom. The fourth-order valence-corrected chi connectivity index (χ4v) is 1.93. The van der Waals surface area contributed by atoms with Crippen molar-refractivity contribution in [1.82, 2.24) is 5.32 Å². The van der Waals surface area contributed by atoms with Gasteiger partial charge < -0.3 is 10.4 Å². The Labute approximate surface area is 102 Å². The highest BCUT2D eigenvalue weighted by atomic mass is 32.1. The zero-order valence-electron chi connectivity index (χ0n) is 9.54. The Morgan fingerprint density at radius 1 is 1.59 bits per heavy atom. The number of hydrogen-bond donors (Lipinski definition) is 2. The summed E-state index contributed by atoms with van der Waals surface area (Å²) in [6, 6.07) is 2.36. The van der Waals surface area contributed by atoms with Crippen LogP contribution in [0.4, 0.5) is 5.00 Å². The van der Waals surface area contributed by atoms with Gasteiger partial charge in [-0.15, -0.1) is 0 Å². The summed E-state index contributed by atoms with van der Waals surface area (Å²) in [7, 11) is 0. The summed E-state index contributed by atoms with van der Waals surface area (Å²) in [5.41, 5.74) is 0. The Hall–Kier alpha value is -1.47. The lowest BCUT2D eigenvalue weighted by Crippen LogP contribution is -2.40. The third-order valence-corrected chi connectivity index (χ3v) is 3.35. The minimum atomic E-state index is -0.534. The number of aliphatic hydroxyl groups excluding tert-OH is 1. The number of amides is 1. The molecule has 1 atom stereocenters. The van der Waals surface area contributed by atoms with Gasteiger partial charge in [0.15, 0.2) is 0 Å². The number of nitrogens with zero attached hydrogens (tertiary/aromatic N) is 1. The van der Waals surface area contributed by atoms with E-state index in [0.29, 0.717) is 0 Å². The first-order valence-electron chi connectivity index (χ1n) is 5.11. The maximum absolute atomic E-state index is 11.7. The third-order valence-electron chi connectivity index (χ3n) is 2.31. The quantitative estimate of drug-likeness (QED) is 0.616. The maximum atomic E-state index is 11.7. The SMILES string of the molecule is CC(C)C(CO)NC(=O)c1ccc([N+](=O)[O-])s1. The summed E-state index contributed by atoms with van der Waals surface area (Å²) in [5.74, 6) is -0.297. The zero-order chi connectivity index (χ0) is 13.0. The highest BCUT2D eigenvalue weighted by Gasteiger charge is 2.19. The lowest BCUT2D eigenvalue weighted by Gasteiger charge is -2.19. The van der Waals surface area contributed by atoms with Crippen LogP contribution < -0.4 is 5.32 Å². The van der Waals surface area contributed by atoms with Crippen LogP contribution in [0.15, 0.2) is 12.1 Å². The van der Waals surface area contributed by atoms with Crippen molar-refractivity contribution >= 4 is 22.2 Å². The van der Waals surface area contributed by atoms with E-state index >= 15 is 0 Å². The highest BCUT2D eigenvalue weighted by Crippen LogP contribution is 2.23. The van der Waals surface area contributed by atoms with Crippen LogP contribution in [0.5, 0.6) is 0 Å². The second kappa shape index (κ2) is 5.74. The normalized spacial score (nSPS) is 12.5. The van der Waals surface area contributed by atoms with E-state index in [1.165, 1.54) is 12.1 Å². The van der Waals surface area contributed by atoms with Crippen molar-refractivity contribution in [2.24, 2.45) is 5.92 Å². The van der Waals surface area contributed by atoms with E-state index in [0.717, 1.165) is 11.3 Å². The number of rotatable bonds is 5. The molecule has 1 aromatic rings. The molecule has 0 saturated carbocycles. The Bertz CT molecular complexity index is 416. The van der Waals surface area contributed by atoms with Crippen molar-refractivity contribution in [1.29, 1.82) is 0 Å². The monoisotopic (exact) mass is 258 g/mol. The Balaban J connectivity index is 2.72. The zero-order valence-corrected chi connectivity index (χ0v) is 10.4. The van der Waals surface area contributed by atoms with Gasteiger partial charge in [-0.1, -0.05) is 25.2 Å². The molecular formula is C10H14N2O4S. The summed E-state index contributed by atoms with van der Waals surface area (Å²) in [5, 5.41) is 22.1. The molecule has 1 amide bonds. The molecule has 7 heteroatoms. The van der Waals surface area contributed by atoms with Gasteiger partial charge in [0, 0.05) is 6.07 Å². The number of thiophene rings is 1. The van der Waals surface area contributed by atoms with E-state index < -0.39 is 10.8 Å². The first kappa shape index (κ1) is 13.6. The molecule has 0 fully saturated rings. The number of carbonyl (C=O) groups excluding carboxylic acids is 1. The topological polar surface area (TPSA) is 92.5 Å². The van der Waals surface area contributed by atoms with Gasteiger partial charge in [0.05, 0.1) is 22.4 Å². The molecule has 1 aromatic heterocycles. The average Bonchev–Trinajstić information content (AvgIpc) is 2.74. The lowest BCUT2D eigenvalue weighted by atomic mass is 10.1. The second-order valence-corrected chi connectivity index (χ2v) is 4.96. The summed E-state index contributed by atoms with van der Waals surface area (Å²) in [6.07, 6.45) is 0. The van der Waals surface area contributed by atoms with Crippen molar-refractivity contribution < 1.29 is 14.8 Å². The largest absolute Gasteiger partial charge is 0.394 e. The molecule has 0 aliphatic carbocycles. The number of carbonyl (C=O) groups is 1. The summed E-state index contributed by atoms with van der Waals surface area (Å²) >= 11 is 0.821. The molecule has 0 aliphatic heterocycles. The molecule has 1 unspecified atom stereocenters. The van der Waals surface area contributed by atoms with Crippen LogP contribution in [0, 0.1) is 16.0 Å². The van der Waals surface area contributed by atoms with E-state index in [1.807, 2.05) is 13.8 Å². The number of nitrogens with one attached hydrogen (secondary N) is 1.